The summed E-state index contributed by atoms with van der Waals surface area (Å²) in [5.74, 6) is 0.204. The molecule has 0 saturated heterocycles. The molecule has 0 radical (unpaired) electrons. The fraction of sp³-hybridized carbons (Fsp3) is 0.909. The highest BCUT2D eigenvalue weighted by atomic mass is 16.4. The number of amides is 1. The van der Waals surface area contributed by atoms with Gasteiger partial charge in [0.1, 0.15) is 11.6 Å². The third-order valence-electron chi connectivity index (χ3n) is 9.13. The maximum Gasteiger partial charge on any atom is 0.303 e. The maximum atomic E-state index is 12.8. The highest BCUT2D eigenvalue weighted by molar-refractivity contribution is 5.79. The Morgan fingerprint density at radius 2 is 0.692 bits per heavy atom. The van der Waals surface area contributed by atoms with Crippen molar-refractivity contribution in [1.82, 2.24) is 4.90 Å². The van der Waals surface area contributed by atoms with Gasteiger partial charge in [0, 0.05) is 51.6 Å². The summed E-state index contributed by atoms with van der Waals surface area (Å²) in [4.78, 5) is 49.2. The number of unbranched alkanes of at least 4 members (excludes halogenated alkanes) is 18. The standard InChI is InChI=1S/C30H57NO3.C8H16O2.C5H14N2.CH4/c1-4-7-10-13-16-21-28(32)23-19-26-31(30(34)25-18-15-12-9-6-3)27-20-24-29(33)22-17-14-11-8-5-2;1-2-3-4-5-6-7-8(9)10;6-4-2-1-3-5-7;/h4-27H2,1-3H3;2-7H2,1H3,(H,9,10);1-7H2;1H4. The van der Waals surface area contributed by atoms with Gasteiger partial charge in [-0.1, -0.05) is 144 Å². The number of aliphatic carboxylic acids is 1. The summed E-state index contributed by atoms with van der Waals surface area (Å²) < 4.78 is 0. The van der Waals surface area contributed by atoms with E-state index < -0.39 is 5.97 Å². The van der Waals surface area contributed by atoms with E-state index in [-0.39, 0.29) is 13.3 Å². The van der Waals surface area contributed by atoms with Gasteiger partial charge in [0.2, 0.25) is 5.91 Å². The van der Waals surface area contributed by atoms with Gasteiger partial charge in [-0.15, -0.1) is 0 Å². The van der Waals surface area contributed by atoms with Crippen molar-refractivity contribution < 1.29 is 24.3 Å². The van der Waals surface area contributed by atoms with Gasteiger partial charge < -0.3 is 21.5 Å². The number of carbonyl (C=O) groups is 4. The Kier molecular flexibility index (Phi) is 53.9. The van der Waals surface area contributed by atoms with Crippen LogP contribution in [0.1, 0.15) is 234 Å². The lowest BCUT2D eigenvalue weighted by Crippen LogP contribution is -2.33. The van der Waals surface area contributed by atoms with Crippen molar-refractivity contribution in [2.24, 2.45) is 11.5 Å². The van der Waals surface area contributed by atoms with Gasteiger partial charge in [0.05, 0.1) is 0 Å². The molecule has 0 aromatic heterocycles. The number of Topliss-reactive ketones (excluding diaryl/α,β-unsaturated/α-hetero) is 2. The third kappa shape index (κ3) is 50.3. The van der Waals surface area contributed by atoms with Gasteiger partial charge in [0.15, 0.2) is 0 Å². The average molecular weight is 742 g/mol. The number of nitrogens with zero attached hydrogens (tertiary/aromatic N) is 1. The molecule has 52 heavy (non-hydrogen) atoms. The van der Waals surface area contributed by atoms with Crippen LogP contribution in [0, 0.1) is 0 Å². The van der Waals surface area contributed by atoms with Crippen molar-refractivity contribution in [2.75, 3.05) is 26.2 Å². The molecule has 0 rings (SSSR count). The Bertz CT molecular complexity index is 726. The fourth-order valence-corrected chi connectivity index (χ4v) is 5.78. The molecule has 0 bridgehead atoms. The minimum Gasteiger partial charge on any atom is -0.481 e. The SMILES string of the molecule is C.CCCCCCCC(=O)CCCN(CCCC(=O)CCCCCCC)C(=O)CCCCCCC.CCCCCCCC(=O)O.NCCCCCN. The lowest BCUT2D eigenvalue weighted by Gasteiger charge is -2.23. The van der Waals surface area contributed by atoms with Gasteiger partial charge in [-0.25, -0.2) is 0 Å². The van der Waals surface area contributed by atoms with E-state index in [1.165, 1.54) is 83.5 Å². The molecule has 0 aromatic carbocycles. The molecule has 0 aliphatic carbocycles. The van der Waals surface area contributed by atoms with E-state index in [0.717, 1.165) is 90.1 Å². The molecule has 0 aliphatic heterocycles. The van der Waals surface area contributed by atoms with Crippen LogP contribution >= 0.6 is 0 Å². The largest absolute Gasteiger partial charge is 0.481 e. The number of carboxylic acids is 1. The van der Waals surface area contributed by atoms with E-state index in [1.807, 2.05) is 4.90 Å². The number of hydrogen-bond acceptors (Lipinski definition) is 6. The zero-order valence-electron chi connectivity index (χ0n) is 34.4. The predicted molar refractivity (Wildman–Crippen MR) is 225 cm³/mol. The van der Waals surface area contributed by atoms with Crippen LogP contribution in [0.15, 0.2) is 0 Å². The normalized spacial score (nSPS) is 10.3. The molecule has 0 heterocycles. The summed E-state index contributed by atoms with van der Waals surface area (Å²) in [6.45, 7) is 11.7. The molecule has 0 aliphatic rings. The van der Waals surface area contributed by atoms with E-state index in [1.54, 1.807) is 0 Å². The molecule has 1 amide bonds. The van der Waals surface area contributed by atoms with E-state index >= 15 is 0 Å². The molecule has 312 valence electrons. The molecule has 0 aromatic rings. The zero-order chi connectivity index (χ0) is 38.6. The molecule has 0 spiro atoms. The molecule has 0 fully saturated rings. The topological polar surface area (TPSA) is 144 Å². The predicted octanol–water partition coefficient (Wildman–Crippen LogP) is 11.7. The minimum atomic E-state index is -0.670. The van der Waals surface area contributed by atoms with E-state index in [0.29, 0.717) is 63.2 Å². The second-order valence-electron chi connectivity index (χ2n) is 14.4. The first-order chi connectivity index (χ1) is 24.7. The summed E-state index contributed by atoms with van der Waals surface area (Å²) in [6, 6.07) is 0. The van der Waals surface area contributed by atoms with Gasteiger partial charge in [-0.3, -0.25) is 19.2 Å². The first kappa shape index (κ1) is 56.9. The van der Waals surface area contributed by atoms with E-state index in [2.05, 4.69) is 27.7 Å². The average Bonchev–Trinajstić information content (AvgIpc) is 3.11. The van der Waals surface area contributed by atoms with Crippen LogP contribution in [0.25, 0.3) is 0 Å². The van der Waals surface area contributed by atoms with Crippen molar-refractivity contribution in [3.8, 4) is 0 Å². The molecular weight excluding hydrogens is 651 g/mol. The molecule has 5 N–H and O–H groups in total. The van der Waals surface area contributed by atoms with Crippen LogP contribution in [-0.4, -0.2) is 59.6 Å². The Balaban J connectivity index is -0.000000523. The highest BCUT2D eigenvalue weighted by Gasteiger charge is 2.14. The number of carboxylic acid groups (broad SMARTS) is 1. The second-order valence-corrected chi connectivity index (χ2v) is 14.4. The monoisotopic (exact) mass is 742 g/mol. The first-order valence-electron chi connectivity index (χ1n) is 21.7. The number of carbonyl (C=O) groups excluding carboxylic acids is 3. The van der Waals surface area contributed by atoms with E-state index in [9.17, 15) is 19.2 Å². The first-order valence-corrected chi connectivity index (χ1v) is 21.7. The summed E-state index contributed by atoms with van der Waals surface area (Å²) in [5, 5.41) is 8.27. The summed E-state index contributed by atoms with van der Waals surface area (Å²) >= 11 is 0. The number of nitrogens with two attached hydrogens (primary N) is 2. The Morgan fingerprint density at radius 3 is 1.02 bits per heavy atom. The molecule has 0 saturated carbocycles. The summed E-state index contributed by atoms with van der Waals surface area (Å²) in [7, 11) is 0. The summed E-state index contributed by atoms with van der Waals surface area (Å²) in [6.07, 6.45) is 31.3. The van der Waals surface area contributed by atoms with Crippen LogP contribution in [0.5, 0.6) is 0 Å². The Morgan fingerprint density at radius 1 is 0.404 bits per heavy atom. The van der Waals surface area contributed by atoms with Crippen LogP contribution in [-0.2, 0) is 19.2 Å². The molecule has 8 heteroatoms. The van der Waals surface area contributed by atoms with Gasteiger partial charge >= 0.3 is 5.97 Å². The highest BCUT2D eigenvalue weighted by Crippen LogP contribution is 2.12. The molecule has 0 unspecified atom stereocenters. The van der Waals surface area contributed by atoms with Crippen molar-refractivity contribution >= 4 is 23.4 Å². The van der Waals surface area contributed by atoms with Gasteiger partial charge in [0.25, 0.3) is 0 Å². The van der Waals surface area contributed by atoms with Crippen LogP contribution in [0.3, 0.4) is 0 Å². The lowest BCUT2D eigenvalue weighted by atomic mass is 10.0. The van der Waals surface area contributed by atoms with Crippen molar-refractivity contribution in [3.05, 3.63) is 0 Å². The second kappa shape index (κ2) is 49.2. The molecule has 0 atom stereocenters. The van der Waals surface area contributed by atoms with Gasteiger partial charge in [-0.2, -0.15) is 0 Å². The van der Waals surface area contributed by atoms with E-state index in [4.69, 9.17) is 16.6 Å². The molecule has 8 nitrogen and oxygen atoms in total. The van der Waals surface area contributed by atoms with Crippen LogP contribution < -0.4 is 11.5 Å². The number of ketones is 2. The lowest BCUT2D eigenvalue weighted by molar-refractivity contribution is -0.137. The molecular formula is C44H91N3O5. The van der Waals surface area contributed by atoms with Crippen LogP contribution in [0.4, 0.5) is 0 Å². The zero-order valence-corrected chi connectivity index (χ0v) is 34.4. The number of rotatable bonds is 36. The third-order valence-corrected chi connectivity index (χ3v) is 9.13. The van der Waals surface area contributed by atoms with Gasteiger partial charge in [-0.05, 0) is 64.5 Å². The smallest absolute Gasteiger partial charge is 0.303 e. The Labute approximate surface area is 323 Å². The van der Waals surface area contributed by atoms with Crippen molar-refractivity contribution in [2.45, 2.75) is 234 Å². The fourth-order valence-electron chi connectivity index (χ4n) is 5.78. The van der Waals surface area contributed by atoms with Crippen molar-refractivity contribution in [3.63, 3.8) is 0 Å². The quantitative estimate of drug-likeness (QED) is 0.0542. The summed E-state index contributed by atoms with van der Waals surface area (Å²) in [5.41, 5.74) is 10.5. The minimum absolute atomic E-state index is 0. The number of hydrogen-bond donors (Lipinski definition) is 3. The Hall–Kier alpha value is -1.80. The maximum absolute atomic E-state index is 12.8. The van der Waals surface area contributed by atoms with Crippen molar-refractivity contribution in [1.29, 1.82) is 0 Å². The van der Waals surface area contributed by atoms with Crippen LogP contribution in [0.2, 0.25) is 0 Å².